The quantitative estimate of drug-likeness (QED) is 0.847. The third-order valence-electron chi connectivity index (χ3n) is 3.24. The van der Waals surface area contributed by atoms with Crippen LogP contribution in [0.15, 0.2) is 24.3 Å². The van der Waals surface area contributed by atoms with Crippen molar-refractivity contribution in [2.45, 2.75) is 33.6 Å². The van der Waals surface area contributed by atoms with Gasteiger partial charge >= 0.3 is 0 Å². The summed E-state index contributed by atoms with van der Waals surface area (Å²) in [5, 5.41) is 3.90. The average Bonchev–Trinajstić information content (AvgIpc) is 2.43. The Morgan fingerprint density at radius 3 is 2.70 bits per heavy atom. The molecule has 0 atom stereocenters. The van der Waals surface area contributed by atoms with Crippen molar-refractivity contribution in [3.8, 4) is 0 Å². The van der Waals surface area contributed by atoms with Crippen molar-refractivity contribution in [2.75, 3.05) is 11.9 Å². The van der Waals surface area contributed by atoms with Gasteiger partial charge in [0.1, 0.15) is 16.8 Å². The van der Waals surface area contributed by atoms with E-state index in [-0.39, 0.29) is 0 Å². The molecule has 0 fully saturated rings. The van der Waals surface area contributed by atoms with Crippen molar-refractivity contribution in [3.63, 3.8) is 0 Å². The summed E-state index contributed by atoms with van der Waals surface area (Å²) in [6.45, 7) is 6.91. The highest BCUT2D eigenvalue weighted by molar-refractivity contribution is 6.30. The molecule has 0 aliphatic rings. The summed E-state index contributed by atoms with van der Waals surface area (Å²) in [7, 11) is 0. The molecule has 0 amide bonds. The first-order valence-corrected chi connectivity index (χ1v) is 7.30. The Morgan fingerprint density at radius 1 is 1.20 bits per heavy atom. The van der Waals surface area contributed by atoms with Crippen molar-refractivity contribution in [2.24, 2.45) is 0 Å². The molecule has 20 heavy (non-hydrogen) atoms. The van der Waals surface area contributed by atoms with Crippen molar-refractivity contribution >= 4 is 17.4 Å². The van der Waals surface area contributed by atoms with Crippen LogP contribution in [0.5, 0.6) is 0 Å². The van der Waals surface area contributed by atoms with Crippen molar-refractivity contribution in [1.82, 2.24) is 9.97 Å². The SMILES string of the molecule is CCc1nc(Cl)c(C)c(NCCc2cccc(C)c2)n1. The summed E-state index contributed by atoms with van der Waals surface area (Å²) < 4.78 is 0. The van der Waals surface area contributed by atoms with Gasteiger partial charge < -0.3 is 5.32 Å². The molecule has 1 heterocycles. The Labute approximate surface area is 125 Å². The molecule has 0 bridgehead atoms. The van der Waals surface area contributed by atoms with E-state index in [1.165, 1.54) is 11.1 Å². The van der Waals surface area contributed by atoms with Crippen LogP contribution in [0.1, 0.15) is 29.4 Å². The molecular weight excluding hydrogens is 270 g/mol. The molecular formula is C16H20ClN3. The molecule has 1 aromatic carbocycles. The predicted molar refractivity (Wildman–Crippen MR) is 84.5 cm³/mol. The lowest BCUT2D eigenvalue weighted by atomic mass is 10.1. The molecule has 4 heteroatoms. The molecule has 106 valence electrons. The largest absolute Gasteiger partial charge is 0.369 e. The van der Waals surface area contributed by atoms with Gasteiger partial charge in [-0.15, -0.1) is 0 Å². The molecule has 2 aromatic rings. The van der Waals surface area contributed by atoms with Gasteiger partial charge in [0.15, 0.2) is 0 Å². The maximum absolute atomic E-state index is 6.12. The Balaban J connectivity index is 2.02. The Kier molecular flexibility index (Phi) is 4.96. The number of aryl methyl sites for hydroxylation is 2. The van der Waals surface area contributed by atoms with Crippen molar-refractivity contribution < 1.29 is 0 Å². The maximum atomic E-state index is 6.12. The van der Waals surface area contributed by atoms with Gasteiger partial charge in [0.25, 0.3) is 0 Å². The molecule has 3 nitrogen and oxygen atoms in total. The number of nitrogens with zero attached hydrogens (tertiary/aromatic N) is 2. The summed E-state index contributed by atoms with van der Waals surface area (Å²) in [6.07, 6.45) is 1.75. The molecule has 0 radical (unpaired) electrons. The Bertz CT molecular complexity index is 596. The van der Waals surface area contributed by atoms with Crippen LogP contribution in [0.3, 0.4) is 0 Å². The second-order valence-corrected chi connectivity index (χ2v) is 5.28. The lowest BCUT2D eigenvalue weighted by Crippen LogP contribution is -2.10. The monoisotopic (exact) mass is 289 g/mol. The van der Waals surface area contributed by atoms with Crippen molar-refractivity contribution in [3.05, 3.63) is 51.9 Å². The number of halogens is 1. The fraction of sp³-hybridized carbons (Fsp3) is 0.375. The van der Waals surface area contributed by atoms with E-state index in [0.717, 1.165) is 36.6 Å². The first kappa shape index (κ1) is 14.8. The Hall–Kier alpha value is -1.61. The van der Waals surface area contributed by atoms with Gasteiger partial charge in [-0.3, -0.25) is 0 Å². The normalized spacial score (nSPS) is 10.6. The minimum atomic E-state index is 0.537. The van der Waals surface area contributed by atoms with Crippen LogP contribution in [0.4, 0.5) is 5.82 Å². The lowest BCUT2D eigenvalue weighted by Gasteiger charge is -2.11. The van der Waals surface area contributed by atoms with Crippen LogP contribution in [0.25, 0.3) is 0 Å². The first-order valence-electron chi connectivity index (χ1n) is 6.92. The number of hydrogen-bond donors (Lipinski definition) is 1. The molecule has 0 aliphatic heterocycles. The van der Waals surface area contributed by atoms with E-state index in [1.54, 1.807) is 0 Å². The summed E-state index contributed by atoms with van der Waals surface area (Å²) in [6, 6.07) is 8.55. The van der Waals surface area contributed by atoms with Crippen LogP contribution >= 0.6 is 11.6 Å². The van der Waals surface area contributed by atoms with E-state index in [4.69, 9.17) is 11.6 Å². The van der Waals surface area contributed by atoms with E-state index >= 15 is 0 Å². The highest BCUT2D eigenvalue weighted by Crippen LogP contribution is 2.20. The lowest BCUT2D eigenvalue weighted by molar-refractivity contribution is 0.915. The predicted octanol–water partition coefficient (Wildman–Crippen LogP) is 3.96. The minimum absolute atomic E-state index is 0.537. The number of hydrogen-bond acceptors (Lipinski definition) is 3. The number of nitrogens with one attached hydrogen (secondary N) is 1. The highest BCUT2D eigenvalue weighted by Gasteiger charge is 2.08. The zero-order chi connectivity index (χ0) is 14.5. The molecule has 0 unspecified atom stereocenters. The molecule has 0 aliphatic carbocycles. The van der Waals surface area contributed by atoms with Gasteiger partial charge in [-0.1, -0.05) is 48.4 Å². The van der Waals surface area contributed by atoms with Crippen LogP contribution in [-0.2, 0) is 12.8 Å². The second kappa shape index (κ2) is 6.71. The third kappa shape index (κ3) is 3.70. The minimum Gasteiger partial charge on any atom is -0.369 e. The number of anilines is 1. The zero-order valence-corrected chi connectivity index (χ0v) is 13.0. The molecule has 2 rings (SSSR count). The summed E-state index contributed by atoms with van der Waals surface area (Å²) >= 11 is 6.12. The highest BCUT2D eigenvalue weighted by atomic mass is 35.5. The topological polar surface area (TPSA) is 37.8 Å². The molecule has 0 spiro atoms. The van der Waals surface area contributed by atoms with E-state index in [0.29, 0.717) is 5.15 Å². The maximum Gasteiger partial charge on any atom is 0.137 e. The van der Waals surface area contributed by atoms with E-state index in [2.05, 4.69) is 46.5 Å². The van der Waals surface area contributed by atoms with Crippen LogP contribution in [0, 0.1) is 13.8 Å². The summed E-state index contributed by atoms with van der Waals surface area (Å²) in [5.74, 6) is 1.62. The van der Waals surface area contributed by atoms with Gasteiger partial charge in [-0.2, -0.15) is 0 Å². The average molecular weight is 290 g/mol. The fourth-order valence-corrected chi connectivity index (χ4v) is 2.24. The smallest absolute Gasteiger partial charge is 0.137 e. The fourth-order valence-electron chi connectivity index (χ4n) is 2.06. The second-order valence-electron chi connectivity index (χ2n) is 4.92. The van der Waals surface area contributed by atoms with E-state index in [9.17, 15) is 0 Å². The van der Waals surface area contributed by atoms with Gasteiger partial charge in [0.05, 0.1) is 0 Å². The van der Waals surface area contributed by atoms with Crippen LogP contribution < -0.4 is 5.32 Å². The van der Waals surface area contributed by atoms with Gasteiger partial charge in [0.2, 0.25) is 0 Å². The van der Waals surface area contributed by atoms with E-state index < -0.39 is 0 Å². The summed E-state index contributed by atoms with van der Waals surface area (Å²) in [4.78, 5) is 8.74. The number of rotatable bonds is 5. The number of aromatic nitrogens is 2. The molecule has 1 N–H and O–H groups in total. The zero-order valence-electron chi connectivity index (χ0n) is 12.2. The van der Waals surface area contributed by atoms with Gasteiger partial charge in [-0.25, -0.2) is 9.97 Å². The molecule has 1 aromatic heterocycles. The third-order valence-corrected chi connectivity index (χ3v) is 3.61. The van der Waals surface area contributed by atoms with Crippen molar-refractivity contribution in [1.29, 1.82) is 0 Å². The van der Waals surface area contributed by atoms with E-state index in [1.807, 2.05) is 13.8 Å². The van der Waals surface area contributed by atoms with Gasteiger partial charge in [-0.05, 0) is 25.8 Å². The van der Waals surface area contributed by atoms with Gasteiger partial charge in [0, 0.05) is 18.5 Å². The summed E-state index contributed by atoms with van der Waals surface area (Å²) in [5.41, 5.74) is 3.52. The molecule has 0 saturated carbocycles. The molecule has 0 saturated heterocycles. The van der Waals surface area contributed by atoms with Crippen LogP contribution in [0.2, 0.25) is 5.15 Å². The van der Waals surface area contributed by atoms with Crippen LogP contribution in [-0.4, -0.2) is 16.5 Å². The standard InChI is InChI=1S/C16H20ClN3/c1-4-14-19-15(17)12(3)16(20-14)18-9-8-13-7-5-6-11(2)10-13/h5-7,10H,4,8-9H2,1-3H3,(H,18,19,20). The number of benzene rings is 1. The Morgan fingerprint density at radius 2 is 2.00 bits per heavy atom. The first-order chi connectivity index (χ1) is 9.60.